The lowest BCUT2D eigenvalue weighted by Crippen LogP contribution is -2.22. The summed E-state index contributed by atoms with van der Waals surface area (Å²) in [7, 11) is 0. The largest absolute Gasteiger partial charge is 0.484 e. The summed E-state index contributed by atoms with van der Waals surface area (Å²) in [5.41, 5.74) is 3.50. The van der Waals surface area contributed by atoms with Gasteiger partial charge in [0.2, 0.25) is 0 Å². The molecule has 2 atom stereocenters. The highest BCUT2D eigenvalue weighted by Crippen LogP contribution is 2.47. The number of halogens is 1. The van der Waals surface area contributed by atoms with E-state index >= 15 is 0 Å². The van der Waals surface area contributed by atoms with Gasteiger partial charge in [-0.2, -0.15) is 0 Å². The second kappa shape index (κ2) is 4.53. The van der Waals surface area contributed by atoms with Crippen molar-refractivity contribution in [3.05, 3.63) is 82.9 Å². The summed E-state index contributed by atoms with van der Waals surface area (Å²) in [6.07, 6.45) is 6.44. The molecule has 0 spiro atoms. The summed E-state index contributed by atoms with van der Waals surface area (Å²) < 4.78 is 6.15. The molecule has 20 heavy (non-hydrogen) atoms. The molecule has 2 aromatic carbocycles. The van der Waals surface area contributed by atoms with Crippen LogP contribution in [0.3, 0.4) is 0 Å². The average Bonchev–Trinajstić information content (AvgIpc) is 2.88. The maximum absolute atomic E-state index is 6.34. The zero-order valence-corrected chi connectivity index (χ0v) is 11.5. The minimum Gasteiger partial charge on any atom is -0.484 e. The third-order valence-electron chi connectivity index (χ3n) is 3.93. The number of allylic oxidation sites excluding steroid dienone is 2. The number of ether oxygens (including phenoxy) is 1. The van der Waals surface area contributed by atoms with Crippen LogP contribution in [0.25, 0.3) is 5.57 Å². The van der Waals surface area contributed by atoms with Crippen molar-refractivity contribution in [2.24, 2.45) is 0 Å². The Balaban J connectivity index is 1.80. The molecule has 2 unspecified atom stereocenters. The number of benzene rings is 2. The van der Waals surface area contributed by atoms with Gasteiger partial charge in [0.25, 0.3) is 0 Å². The van der Waals surface area contributed by atoms with Gasteiger partial charge in [0.05, 0.1) is 5.02 Å². The summed E-state index contributed by atoms with van der Waals surface area (Å²) in [6, 6.07) is 16.3. The Morgan fingerprint density at radius 1 is 0.950 bits per heavy atom. The molecular weight excluding hydrogens is 268 g/mol. The molecule has 0 radical (unpaired) electrons. The van der Waals surface area contributed by atoms with E-state index in [4.69, 9.17) is 16.3 Å². The summed E-state index contributed by atoms with van der Waals surface area (Å²) in [5.74, 6) is 1.12. The molecule has 1 nitrogen and oxygen atoms in total. The normalized spacial score (nSPS) is 22.8. The van der Waals surface area contributed by atoms with Crippen molar-refractivity contribution in [2.45, 2.75) is 12.0 Å². The molecule has 0 N–H and O–H groups in total. The van der Waals surface area contributed by atoms with E-state index in [1.165, 1.54) is 11.1 Å². The highest BCUT2D eigenvalue weighted by atomic mass is 35.5. The van der Waals surface area contributed by atoms with Crippen molar-refractivity contribution < 1.29 is 4.74 Å². The van der Waals surface area contributed by atoms with Crippen LogP contribution in [0.5, 0.6) is 5.75 Å². The average molecular weight is 281 g/mol. The number of rotatable bonds is 1. The summed E-state index contributed by atoms with van der Waals surface area (Å²) in [6.45, 7) is 0. The number of hydrogen-bond acceptors (Lipinski definition) is 1. The molecule has 0 amide bonds. The van der Waals surface area contributed by atoms with Crippen molar-refractivity contribution in [3.8, 4) is 5.75 Å². The number of hydrogen-bond donors (Lipinski definition) is 0. The van der Waals surface area contributed by atoms with Crippen LogP contribution in [-0.4, -0.2) is 6.10 Å². The van der Waals surface area contributed by atoms with E-state index in [2.05, 4.69) is 42.5 Å². The lowest BCUT2D eigenvalue weighted by Gasteiger charge is -2.24. The molecule has 0 aromatic heterocycles. The lowest BCUT2D eigenvalue weighted by molar-refractivity contribution is 0.258. The van der Waals surface area contributed by atoms with Gasteiger partial charge in [0, 0.05) is 17.1 Å². The maximum Gasteiger partial charge on any atom is 0.135 e. The van der Waals surface area contributed by atoms with Crippen LogP contribution in [-0.2, 0) is 0 Å². The van der Waals surface area contributed by atoms with Crippen LogP contribution in [0, 0.1) is 0 Å². The molecule has 2 heteroatoms. The predicted molar refractivity (Wildman–Crippen MR) is 82.2 cm³/mol. The molecule has 0 bridgehead atoms. The molecule has 2 aromatic rings. The van der Waals surface area contributed by atoms with Gasteiger partial charge in [0.15, 0.2) is 0 Å². The van der Waals surface area contributed by atoms with Crippen LogP contribution in [0.4, 0.5) is 0 Å². The first-order valence-electron chi connectivity index (χ1n) is 6.73. The Hall–Kier alpha value is -1.99. The summed E-state index contributed by atoms with van der Waals surface area (Å²) in [4.78, 5) is 0. The van der Waals surface area contributed by atoms with Crippen LogP contribution < -0.4 is 4.74 Å². The van der Waals surface area contributed by atoms with E-state index < -0.39 is 0 Å². The molecule has 1 aliphatic heterocycles. The molecule has 0 saturated heterocycles. The van der Waals surface area contributed by atoms with E-state index in [1.807, 2.05) is 24.3 Å². The van der Waals surface area contributed by atoms with Gasteiger partial charge in [-0.3, -0.25) is 0 Å². The van der Waals surface area contributed by atoms with Crippen molar-refractivity contribution in [1.82, 2.24) is 0 Å². The molecule has 2 aliphatic rings. The van der Waals surface area contributed by atoms with Gasteiger partial charge >= 0.3 is 0 Å². The summed E-state index contributed by atoms with van der Waals surface area (Å²) in [5, 5.41) is 0.762. The van der Waals surface area contributed by atoms with Crippen molar-refractivity contribution in [2.75, 3.05) is 0 Å². The highest BCUT2D eigenvalue weighted by Gasteiger charge is 2.36. The monoisotopic (exact) mass is 280 g/mol. The second-order valence-electron chi connectivity index (χ2n) is 5.09. The van der Waals surface area contributed by atoms with Gasteiger partial charge in [-0.05, 0) is 17.7 Å². The van der Waals surface area contributed by atoms with E-state index in [1.54, 1.807) is 0 Å². The van der Waals surface area contributed by atoms with Crippen molar-refractivity contribution >= 4 is 17.2 Å². The zero-order valence-electron chi connectivity index (χ0n) is 10.8. The fraction of sp³-hybridized carbons (Fsp3) is 0.111. The first-order chi connectivity index (χ1) is 9.84. The van der Waals surface area contributed by atoms with E-state index in [-0.39, 0.29) is 12.0 Å². The fourth-order valence-corrected chi connectivity index (χ4v) is 3.29. The van der Waals surface area contributed by atoms with E-state index in [0.717, 1.165) is 16.3 Å². The fourth-order valence-electron chi connectivity index (χ4n) is 3.01. The molecule has 1 heterocycles. The SMILES string of the molecule is Clc1cccc2c1C1=CC=CC(c3ccccc3)C1O2. The summed E-state index contributed by atoms with van der Waals surface area (Å²) >= 11 is 6.34. The van der Waals surface area contributed by atoms with Crippen LogP contribution in [0.1, 0.15) is 17.0 Å². The third-order valence-corrected chi connectivity index (χ3v) is 4.24. The number of fused-ring (bicyclic) bond motifs is 3. The minimum atomic E-state index is 0.0253. The van der Waals surface area contributed by atoms with E-state index in [9.17, 15) is 0 Å². The Morgan fingerprint density at radius 2 is 1.80 bits per heavy atom. The predicted octanol–water partition coefficient (Wildman–Crippen LogP) is 4.84. The molecule has 4 rings (SSSR count). The molecule has 1 aliphatic carbocycles. The van der Waals surface area contributed by atoms with Gasteiger partial charge < -0.3 is 4.74 Å². The molecule has 98 valence electrons. The Labute approximate surface area is 123 Å². The first-order valence-corrected chi connectivity index (χ1v) is 7.11. The Kier molecular flexibility index (Phi) is 2.68. The first kappa shape index (κ1) is 11.8. The van der Waals surface area contributed by atoms with Crippen LogP contribution in [0.15, 0.2) is 66.8 Å². The van der Waals surface area contributed by atoms with Gasteiger partial charge in [-0.1, -0.05) is 66.2 Å². The second-order valence-corrected chi connectivity index (χ2v) is 5.50. The third kappa shape index (κ3) is 1.70. The smallest absolute Gasteiger partial charge is 0.135 e. The quantitative estimate of drug-likeness (QED) is 0.726. The molecular formula is C18H13ClO. The standard InChI is InChI=1S/C18H13ClO/c19-15-10-5-11-16-17(15)14-9-4-8-13(18(14)20-16)12-6-2-1-3-7-12/h1-11,13,18H. The van der Waals surface area contributed by atoms with Crippen LogP contribution in [0.2, 0.25) is 5.02 Å². The van der Waals surface area contributed by atoms with Gasteiger partial charge in [-0.15, -0.1) is 0 Å². The van der Waals surface area contributed by atoms with Crippen LogP contribution >= 0.6 is 11.6 Å². The maximum atomic E-state index is 6.34. The lowest BCUT2D eigenvalue weighted by atomic mass is 9.84. The van der Waals surface area contributed by atoms with Crippen molar-refractivity contribution in [1.29, 1.82) is 0 Å². The molecule has 0 saturated carbocycles. The highest BCUT2D eigenvalue weighted by molar-refractivity contribution is 6.32. The molecule has 0 fully saturated rings. The minimum absolute atomic E-state index is 0.0253. The van der Waals surface area contributed by atoms with Gasteiger partial charge in [-0.25, -0.2) is 0 Å². The Morgan fingerprint density at radius 3 is 2.65 bits per heavy atom. The van der Waals surface area contributed by atoms with Crippen molar-refractivity contribution in [3.63, 3.8) is 0 Å². The van der Waals surface area contributed by atoms with Gasteiger partial charge in [0.1, 0.15) is 11.9 Å². The zero-order chi connectivity index (χ0) is 13.5. The topological polar surface area (TPSA) is 9.23 Å². The van der Waals surface area contributed by atoms with E-state index in [0.29, 0.717) is 0 Å². The Bertz CT molecular complexity index is 715.